The molecule has 0 saturated carbocycles. The van der Waals surface area contributed by atoms with E-state index in [1.807, 2.05) is 13.8 Å². The number of hydrogen-bond donors (Lipinski definition) is 1. The molecule has 1 N–H and O–H groups in total. The summed E-state index contributed by atoms with van der Waals surface area (Å²) in [4.78, 5) is 15.4. The molecule has 2 aromatic carbocycles. The standard InChI is InChI=1S/C20H19NO5S/c1-12-8-14(10-19(22)23)9-13(2)20(12)26-18-6-7-21-17-5-4-15(11-16(17)18)27(3,24)25/h4-9,11H,10H2,1-3H3,(H,22,23). The molecule has 0 fully saturated rings. The van der Waals surface area contributed by atoms with Crippen LogP contribution < -0.4 is 4.74 Å². The number of sulfone groups is 1. The van der Waals surface area contributed by atoms with E-state index < -0.39 is 15.8 Å². The fourth-order valence-electron chi connectivity index (χ4n) is 3.01. The third-order valence-corrected chi connectivity index (χ3v) is 5.30. The van der Waals surface area contributed by atoms with Crippen molar-refractivity contribution in [3.05, 3.63) is 59.3 Å². The maximum atomic E-state index is 11.9. The van der Waals surface area contributed by atoms with Gasteiger partial charge in [0.15, 0.2) is 9.84 Å². The number of nitrogens with zero attached hydrogens (tertiary/aromatic N) is 1. The quantitative estimate of drug-likeness (QED) is 0.720. The molecule has 0 bridgehead atoms. The molecule has 1 heterocycles. The van der Waals surface area contributed by atoms with Gasteiger partial charge in [0, 0.05) is 17.8 Å². The van der Waals surface area contributed by atoms with E-state index in [0.29, 0.717) is 28.0 Å². The first-order valence-electron chi connectivity index (χ1n) is 8.24. The lowest BCUT2D eigenvalue weighted by Crippen LogP contribution is -2.02. The lowest BCUT2D eigenvalue weighted by molar-refractivity contribution is -0.136. The van der Waals surface area contributed by atoms with Gasteiger partial charge in [0.05, 0.1) is 16.8 Å². The molecule has 0 spiro atoms. The lowest BCUT2D eigenvalue weighted by Gasteiger charge is -2.15. The second-order valence-electron chi connectivity index (χ2n) is 6.49. The van der Waals surface area contributed by atoms with Crippen molar-refractivity contribution in [2.75, 3.05) is 6.26 Å². The van der Waals surface area contributed by atoms with Gasteiger partial charge in [0.25, 0.3) is 0 Å². The fourth-order valence-corrected chi connectivity index (χ4v) is 3.65. The van der Waals surface area contributed by atoms with E-state index in [1.54, 1.807) is 36.5 Å². The maximum absolute atomic E-state index is 11.9. The molecule has 3 aromatic rings. The van der Waals surface area contributed by atoms with Crippen LogP contribution in [0.1, 0.15) is 16.7 Å². The molecule has 6 nitrogen and oxygen atoms in total. The van der Waals surface area contributed by atoms with E-state index in [9.17, 15) is 13.2 Å². The number of carboxylic acid groups (broad SMARTS) is 1. The first-order valence-corrected chi connectivity index (χ1v) is 10.1. The molecular formula is C20H19NO5S. The van der Waals surface area contributed by atoms with Crippen molar-refractivity contribution < 1.29 is 23.1 Å². The van der Waals surface area contributed by atoms with Crippen LogP contribution in [0.4, 0.5) is 0 Å². The number of aromatic nitrogens is 1. The summed E-state index contributed by atoms with van der Waals surface area (Å²) in [5.74, 6) is 0.208. The Morgan fingerprint density at radius 2 is 1.78 bits per heavy atom. The summed E-state index contributed by atoms with van der Waals surface area (Å²) in [7, 11) is -3.36. The summed E-state index contributed by atoms with van der Waals surface area (Å²) in [6.07, 6.45) is 2.69. The molecule has 0 saturated heterocycles. The highest BCUT2D eigenvalue weighted by Crippen LogP contribution is 2.34. The van der Waals surface area contributed by atoms with Gasteiger partial charge in [-0.1, -0.05) is 12.1 Å². The van der Waals surface area contributed by atoms with E-state index in [-0.39, 0.29) is 11.3 Å². The maximum Gasteiger partial charge on any atom is 0.307 e. The van der Waals surface area contributed by atoms with Crippen LogP contribution in [0, 0.1) is 13.8 Å². The average Bonchev–Trinajstić information content (AvgIpc) is 2.56. The number of carbonyl (C=O) groups is 1. The SMILES string of the molecule is Cc1cc(CC(=O)O)cc(C)c1Oc1ccnc2ccc(S(C)(=O)=O)cc12. The minimum atomic E-state index is -3.36. The number of fused-ring (bicyclic) bond motifs is 1. The monoisotopic (exact) mass is 385 g/mol. The van der Waals surface area contributed by atoms with E-state index in [1.165, 1.54) is 6.07 Å². The van der Waals surface area contributed by atoms with Gasteiger partial charge in [0.1, 0.15) is 11.5 Å². The van der Waals surface area contributed by atoms with Crippen LogP contribution in [0.5, 0.6) is 11.5 Å². The van der Waals surface area contributed by atoms with Crippen molar-refractivity contribution in [3.8, 4) is 11.5 Å². The first-order chi connectivity index (χ1) is 12.6. The third kappa shape index (κ3) is 4.09. The number of carboxylic acids is 1. The number of benzene rings is 2. The van der Waals surface area contributed by atoms with Crippen molar-refractivity contribution >= 4 is 26.7 Å². The van der Waals surface area contributed by atoms with Gasteiger partial charge < -0.3 is 9.84 Å². The highest BCUT2D eigenvalue weighted by Gasteiger charge is 2.14. The van der Waals surface area contributed by atoms with Gasteiger partial charge in [-0.05, 0) is 54.8 Å². The number of hydrogen-bond acceptors (Lipinski definition) is 5. The minimum Gasteiger partial charge on any atom is -0.481 e. The molecule has 0 aliphatic heterocycles. The van der Waals surface area contributed by atoms with Crippen LogP contribution in [0.3, 0.4) is 0 Å². The summed E-state index contributed by atoms with van der Waals surface area (Å²) >= 11 is 0. The summed E-state index contributed by atoms with van der Waals surface area (Å²) in [6.45, 7) is 3.69. The molecule has 0 amide bonds. The van der Waals surface area contributed by atoms with Gasteiger partial charge in [-0.25, -0.2) is 8.42 Å². The number of pyridine rings is 1. The number of aryl methyl sites for hydroxylation is 2. The number of rotatable bonds is 5. The molecule has 0 aliphatic rings. The molecular weight excluding hydrogens is 366 g/mol. The lowest BCUT2D eigenvalue weighted by atomic mass is 10.0. The van der Waals surface area contributed by atoms with Crippen molar-refractivity contribution in [2.45, 2.75) is 25.2 Å². The van der Waals surface area contributed by atoms with E-state index in [2.05, 4.69) is 4.98 Å². The van der Waals surface area contributed by atoms with Crippen LogP contribution in [0.15, 0.2) is 47.5 Å². The molecule has 27 heavy (non-hydrogen) atoms. The molecule has 3 rings (SSSR count). The second-order valence-corrected chi connectivity index (χ2v) is 8.51. The Morgan fingerprint density at radius 1 is 1.11 bits per heavy atom. The molecule has 140 valence electrons. The smallest absolute Gasteiger partial charge is 0.307 e. The van der Waals surface area contributed by atoms with Gasteiger partial charge in [0.2, 0.25) is 0 Å². The predicted molar refractivity (Wildman–Crippen MR) is 102 cm³/mol. The summed E-state index contributed by atoms with van der Waals surface area (Å²) < 4.78 is 29.8. The van der Waals surface area contributed by atoms with Gasteiger partial charge in [-0.3, -0.25) is 9.78 Å². The highest BCUT2D eigenvalue weighted by molar-refractivity contribution is 7.90. The predicted octanol–water partition coefficient (Wildman–Crippen LogP) is 3.67. The van der Waals surface area contributed by atoms with Crippen LogP contribution in [-0.2, 0) is 21.1 Å². The summed E-state index contributed by atoms with van der Waals surface area (Å²) in [5, 5.41) is 9.57. The van der Waals surface area contributed by atoms with Gasteiger partial charge in [-0.2, -0.15) is 0 Å². The second kappa shape index (κ2) is 7.00. The largest absolute Gasteiger partial charge is 0.481 e. The molecule has 0 radical (unpaired) electrons. The Bertz CT molecular complexity index is 1130. The summed E-state index contributed by atoms with van der Waals surface area (Å²) in [5.41, 5.74) is 2.92. The topological polar surface area (TPSA) is 93.6 Å². The molecule has 1 aromatic heterocycles. The Hall–Kier alpha value is -2.93. The van der Waals surface area contributed by atoms with E-state index >= 15 is 0 Å². The molecule has 0 atom stereocenters. The average molecular weight is 385 g/mol. The Balaban J connectivity index is 2.08. The number of aliphatic carboxylic acids is 1. The van der Waals surface area contributed by atoms with Crippen LogP contribution >= 0.6 is 0 Å². The van der Waals surface area contributed by atoms with Crippen molar-refractivity contribution in [2.24, 2.45) is 0 Å². The van der Waals surface area contributed by atoms with Gasteiger partial charge >= 0.3 is 5.97 Å². The normalized spacial score (nSPS) is 11.5. The van der Waals surface area contributed by atoms with E-state index in [4.69, 9.17) is 9.84 Å². The molecule has 0 aliphatic carbocycles. The van der Waals surface area contributed by atoms with Crippen molar-refractivity contribution in [1.29, 1.82) is 0 Å². The number of ether oxygens (including phenoxy) is 1. The Labute approximate surface area is 157 Å². The molecule has 0 unspecified atom stereocenters. The zero-order chi connectivity index (χ0) is 19.8. The zero-order valence-electron chi connectivity index (χ0n) is 15.2. The molecule has 7 heteroatoms. The Morgan fingerprint density at radius 3 is 2.37 bits per heavy atom. The van der Waals surface area contributed by atoms with Crippen LogP contribution in [-0.4, -0.2) is 30.7 Å². The highest BCUT2D eigenvalue weighted by atomic mass is 32.2. The fraction of sp³-hybridized carbons (Fsp3) is 0.200. The first kappa shape index (κ1) is 18.8. The van der Waals surface area contributed by atoms with Crippen LogP contribution in [0.25, 0.3) is 10.9 Å². The van der Waals surface area contributed by atoms with Crippen molar-refractivity contribution in [1.82, 2.24) is 4.98 Å². The third-order valence-electron chi connectivity index (χ3n) is 4.19. The van der Waals surface area contributed by atoms with Crippen LogP contribution in [0.2, 0.25) is 0 Å². The Kier molecular flexibility index (Phi) is 4.89. The van der Waals surface area contributed by atoms with Gasteiger partial charge in [-0.15, -0.1) is 0 Å². The zero-order valence-corrected chi connectivity index (χ0v) is 16.0. The summed E-state index contributed by atoms with van der Waals surface area (Å²) in [6, 6.07) is 9.96. The van der Waals surface area contributed by atoms with Crippen molar-refractivity contribution in [3.63, 3.8) is 0 Å². The minimum absolute atomic E-state index is 0.0577. The van der Waals surface area contributed by atoms with E-state index in [0.717, 1.165) is 17.4 Å².